The van der Waals surface area contributed by atoms with Crippen LogP contribution in [0.2, 0.25) is 0 Å². The molecule has 0 spiro atoms. The van der Waals surface area contributed by atoms with Crippen molar-refractivity contribution < 1.29 is 23.9 Å². The van der Waals surface area contributed by atoms with Crippen LogP contribution < -0.4 is 10.1 Å². The fourth-order valence-electron chi connectivity index (χ4n) is 2.10. The number of nitrogens with zero attached hydrogens (tertiary/aromatic N) is 1. The smallest absolute Gasteiger partial charge is 0.338 e. The Morgan fingerprint density at radius 1 is 1.11 bits per heavy atom. The van der Waals surface area contributed by atoms with E-state index < -0.39 is 18.5 Å². The maximum absolute atomic E-state index is 12.0. The molecule has 2 amide bonds. The molecule has 1 rings (SSSR count). The summed E-state index contributed by atoms with van der Waals surface area (Å²) in [6.45, 7) is 7.75. The number of nitrogens with one attached hydrogen (secondary N) is 1. The van der Waals surface area contributed by atoms with E-state index in [9.17, 15) is 14.4 Å². The lowest BCUT2D eigenvalue weighted by Gasteiger charge is -2.23. The molecule has 1 N–H and O–H groups in total. The van der Waals surface area contributed by atoms with Gasteiger partial charge in [0.1, 0.15) is 5.75 Å². The van der Waals surface area contributed by atoms with Gasteiger partial charge in [-0.05, 0) is 51.5 Å². The fraction of sp³-hybridized carbons (Fsp3) is 0.550. The third-order valence-electron chi connectivity index (χ3n) is 3.50. The third-order valence-corrected chi connectivity index (χ3v) is 3.50. The number of esters is 1. The summed E-state index contributed by atoms with van der Waals surface area (Å²) in [5, 5.41) is 2.77. The van der Waals surface area contributed by atoms with Crippen molar-refractivity contribution in [1.29, 1.82) is 0 Å². The Morgan fingerprint density at radius 3 is 2.30 bits per heavy atom. The second-order valence-electron chi connectivity index (χ2n) is 7.35. The first-order valence-corrected chi connectivity index (χ1v) is 9.07. The molecule has 0 saturated heterocycles. The topological polar surface area (TPSA) is 84.9 Å². The lowest BCUT2D eigenvalue weighted by molar-refractivity contribution is -0.137. The number of ether oxygens (including phenoxy) is 2. The maximum Gasteiger partial charge on any atom is 0.338 e. The molecule has 0 aromatic heterocycles. The van der Waals surface area contributed by atoms with Gasteiger partial charge < -0.3 is 19.7 Å². The van der Waals surface area contributed by atoms with Crippen molar-refractivity contribution in [3.8, 4) is 5.75 Å². The molecule has 0 aliphatic heterocycles. The van der Waals surface area contributed by atoms with Crippen molar-refractivity contribution >= 4 is 17.8 Å². The van der Waals surface area contributed by atoms with Gasteiger partial charge in [0.25, 0.3) is 5.91 Å². The van der Waals surface area contributed by atoms with Crippen LogP contribution in [0.25, 0.3) is 0 Å². The number of rotatable bonds is 9. The number of hydrogen-bond acceptors (Lipinski definition) is 5. The van der Waals surface area contributed by atoms with E-state index in [0.717, 1.165) is 12.8 Å². The van der Waals surface area contributed by atoms with Gasteiger partial charge in [-0.15, -0.1) is 0 Å². The first-order chi connectivity index (χ1) is 12.6. The Balaban J connectivity index is 2.44. The van der Waals surface area contributed by atoms with Crippen LogP contribution in [-0.4, -0.2) is 55.0 Å². The number of hydrogen-bond donors (Lipinski definition) is 1. The lowest BCUT2D eigenvalue weighted by Crippen LogP contribution is -2.46. The Morgan fingerprint density at radius 2 is 1.74 bits per heavy atom. The van der Waals surface area contributed by atoms with Crippen LogP contribution in [0.15, 0.2) is 24.3 Å². The van der Waals surface area contributed by atoms with E-state index in [1.807, 2.05) is 20.8 Å². The number of likely N-dealkylation sites (N-methyl/N-ethyl adjacent to an activating group) is 1. The van der Waals surface area contributed by atoms with Crippen LogP contribution in [0.5, 0.6) is 5.75 Å². The van der Waals surface area contributed by atoms with E-state index in [1.54, 1.807) is 24.3 Å². The molecule has 0 fully saturated rings. The van der Waals surface area contributed by atoms with Crippen LogP contribution in [0, 0.1) is 0 Å². The predicted molar refractivity (Wildman–Crippen MR) is 103 cm³/mol. The molecular weight excluding hydrogens is 348 g/mol. The van der Waals surface area contributed by atoms with Crippen LogP contribution in [0.3, 0.4) is 0 Å². The highest BCUT2D eigenvalue weighted by Crippen LogP contribution is 2.13. The van der Waals surface area contributed by atoms with Gasteiger partial charge in [-0.1, -0.05) is 13.3 Å². The second kappa shape index (κ2) is 10.5. The summed E-state index contributed by atoms with van der Waals surface area (Å²) in [6.07, 6.45) is 2.01. The Labute approximate surface area is 161 Å². The van der Waals surface area contributed by atoms with E-state index in [4.69, 9.17) is 9.47 Å². The molecule has 0 unspecified atom stereocenters. The molecule has 0 aliphatic rings. The predicted octanol–water partition coefficient (Wildman–Crippen LogP) is 2.40. The number of benzene rings is 1. The molecule has 150 valence electrons. The third kappa shape index (κ3) is 9.08. The minimum Gasteiger partial charge on any atom is -0.494 e. The Kier molecular flexibility index (Phi) is 8.78. The van der Waals surface area contributed by atoms with Gasteiger partial charge in [-0.25, -0.2) is 4.79 Å². The van der Waals surface area contributed by atoms with Crippen molar-refractivity contribution in [1.82, 2.24) is 10.2 Å². The minimum atomic E-state index is -0.601. The molecule has 1 aromatic carbocycles. The molecule has 0 heterocycles. The molecule has 0 aliphatic carbocycles. The van der Waals surface area contributed by atoms with E-state index in [-0.39, 0.29) is 18.0 Å². The normalized spacial score (nSPS) is 10.9. The van der Waals surface area contributed by atoms with Gasteiger partial charge >= 0.3 is 5.97 Å². The Hall–Kier alpha value is -2.57. The number of carbonyl (C=O) groups excluding carboxylic acids is 3. The van der Waals surface area contributed by atoms with Gasteiger partial charge in [0.05, 0.1) is 18.7 Å². The van der Waals surface area contributed by atoms with Gasteiger partial charge in [0.2, 0.25) is 5.91 Å². The minimum absolute atomic E-state index is 0.0998. The van der Waals surface area contributed by atoms with Crippen LogP contribution >= 0.6 is 0 Å². The highest BCUT2D eigenvalue weighted by molar-refractivity contribution is 5.92. The average Bonchev–Trinajstić information content (AvgIpc) is 2.58. The largest absolute Gasteiger partial charge is 0.494 e. The molecular formula is C20H30N2O5. The molecule has 27 heavy (non-hydrogen) atoms. The molecule has 0 bridgehead atoms. The highest BCUT2D eigenvalue weighted by Gasteiger charge is 2.19. The monoisotopic (exact) mass is 378 g/mol. The quantitative estimate of drug-likeness (QED) is 0.527. The second-order valence-corrected chi connectivity index (χ2v) is 7.35. The van der Waals surface area contributed by atoms with Gasteiger partial charge in [-0.2, -0.15) is 0 Å². The van der Waals surface area contributed by atoms with Crippen molar-refractivity contribution in [2.45, 2.75) is 46.1 Å². The van der Waals surface area contributed by atoms with E-state index in [2.05, 4.69) is 12.2 Å². The summed E-state index contributed by atoms with van der Waals surface area (Å²) in [5.74, 6) is -0.646. The first kappa shape index (κ1) is 22.5. The zero-order valence-corrected chi connectivity index (χ0v) is 16.8. The first-order valence-electron chi connectivity index (χ1n) is 9.07. The maximum atomic E-state index is 12.0. The van der Waals surface area contributed by atoms with E-state index >= 15 is 0 Å². The molecule has 7 heteroatoms. The van der Waals surface area contributed by atoms with Crippen molar-refractivity contribution in [2.75, 3.05) is 26.8 Å². The van der Waals surface area contributed by atoms with Crippen LogP contribution in [-0.2, 0) is 14.3 Å². The van der Waals surface area contributed by atoms with Gasteiger partial charge in [-0.3, -0.25) is 9.59 Å². The SMILES string of the molecule is CCCCOc1ccc(C(=O)OCC(=O)N(C)CC(=O)NC(C)(C)C)cc1. The van der Waals surface area contributed by atoms with Gasteiger partial charge in [0, 0.05) is 12.6 Å². The van der Waals surface area contributed by atoms with Gasteiger partial charge in [0.15, 0.2) is 6.61 Å². The summed E-state index contributed by atoms with van der Waals surface area (Å²) in [6, 6.07) is 6.57. The Bertz CT molecular complexity index is 635. The summed E-state index contributed by atoms with van der Waals surface area (Å²) in [7, 11) is 1.49. The lowest BCUT2D eigenvalue weighted by atomic mass is 10.1. The molecule has 0 saturated carbocycles. The molecule has 0 atom stereocenters. The molecule has 7 nitrogen and oxygen atoms in total. The number of amides is 2. The van der Waals surface area contributed by atoms with E-state index in [1.165, 1.54) is 11.9 Å². The highest BCUT2D eigenvalue weighted by atomic mass is 16.5. The number of unbranched alkanes of at least 4 members (excludes halogenated alkanes) is 1. The van der Waals surface area contributed by atoms with Crippen LogP contribution in [0.1, 0.15) is 50.9 Å². The summed E-state index contributed by atoms with van der Waals surface area (Å²) in [4.78, 5) is 37.1. The average molecular weight is 378 g/mol. The molecule has 0 radical (unpaired) electrons. The standard InChI is InChI=1S/C20H30N2O5/c1-6-7-12-26-16-10-8-15(9-11-16)19(25)27-14-18(24)22(5)13-17(23)21-20(2,3)4/h8-11H,6-7,12-14H2,1-5H3,(H,21,23). The fourth-order valence-corrected chi connectivity index (χ4v) is 2.10. The van der Waals surface area contributed by atoms with Crippen molar-refractivity contribution in [2.24, 2.45) is 0 Å². The van der Waals surface area contributed by atoms with Crippen molar-refractivity contribution in [3.63, 3.8) is 0 Å². The van der Waals surface area contributed by atoms with Crippen molar-refractivity contribution in [3.05, 3.63) is 29.8 Å². The molecule has 1 aromatic rings. The zero-order valence-electron chi connectivity index (χ0n) is 16.8. The summed E-state index contributed by atoms with van der Waals surface area (Å²) >= 11 is 0. The zero-order chi connectivity index (χ0) is 20.4. The summed E-state index contributed by atoms with van der Waals surface area (Å²) in [5.41, 5.74) is -0.0430. The van der Waals surface area contributed by atoms with E-state index in [0.29, 0.717) is 17.9 Å². The van der Waals surface area contributed by atoms with Crippen LogP contribution in [0.4, 0.5) is 0 Å². The number of carbonyl (C=O) groups is 3. The summed E-state index contributed by atoms with van der Waals surface area (Å²) < 4.78 is 10.6.